The summed E-state index contributed by atoms with van der Waals surface area (Å²) >= 11 is 5.86. The summed E-state index contributed by atoms with van der Waals surface area (Å²) in [5, 5.41) is 3.44. The number of anilines is 1. The van der Waals surface area contributed by atoms with E-state index in [4.69, 9.17) is 11.6 Å². The number of hydrogen-bond donors (Lipinski definition) is 1. The van der Waals surface area contributed by atoms with Gasteiger partial charge >= 0.3 is 0 Å². The molecular weight excluding hydrogens is 234 g/mol. The highest BCUT2D eigenvalue weighted by atomic mass is 35.5. The Morgan fingerprint density at radius 1 is 1.12 bits per heavy atom. The molecule has 0 heterocycles. The standard InChI is InChI=1S/C14H12ClNO/c1-10-3-2-4-13(14(10)16-9-17)11-5-7-12(15)8-6-11/h2-9H,1H3,(H,16,17). The maximum Gasteiger partial charge on any atom is 0.211 e. The summed E-state index contributed by atoms with van der Waals surface area (Å²) in [6.07, 6.45) is 0.696. The van der Waals surface area contributed by atoms with Crippen molar-refractivity contribution >= 4 is 23.7 Å². The van der Waals surface area contributed by atoms with Crippen LogP contribution < -0.4 is 5.32 Å². The topological polar surface area (TPSA) is 29.1 Å². The molecule has 0 bridgehead atoms. The van der Waals surface area contributed by atoms with E-state index in [9.17, 15) is 4.79 Å². The van der Waals surface area contributed by atoms with Gasteiger partial charge in [0.15, 0.2) is 0 Å². The zero-order valence-corrected chi connectivity index (χ0v) is 10.2. The first-order valence-corrected chi connectivity index (χ1v) is 5.66. The van der Waals surface area contributed by atoms with Crippen LogP contribution in [0.5, 0.6) is 0 Å². The van der Waals surface area contributed by atoms with Crippen LogP contribution in [0.1, 0.15) is 5.56 Å². The molecule has 3 heteroatoms. The maximum absolute atomic E-state index is 10.6. The number of carbonyl (C=O) groups excluding carboxylic acids is 1. The van der Waals surface area contributed by atoms with Crippen LogP contribution in [0, 0.1) is 6.92 Å². The largest absolute Gasteiger partial charge is 0.328 e. The van der Waals surface area contributed by atoms with Crippen LogP contribution in [0.25, 0.3) is 11.1 Å². The third kappa shape index (κ3) is 2.48. The van der Waals surface area contributed by atoms with Gasteiger partial charge in [-0.3, -0.25) is 4.79 Å². The molecule has 0 spiro atoms. The molecule has 0 radical (unpaired) electrons. The fraction of sp³-hybridized carbons (Fsp3) is 0.0714. The van der Waals surface area contributed by atoms with Crippen molar-refractivity contribution in [3.8, 4) is 11.1 Å². The second-order valence-corrected chi connectivity index (χ2v) is 4.20. The van der Waals surface area contributed by atoms with E-state index in [1.807, 2.05) is 49.4 Å². The number of nitrogens with one attached hydrogen (secondary N) is 1. The number of hydrogen-bond acceptors (Lipinski definition) is 1. The number of halogens is 1. The van der Waals surface area contributed by atoms with Gasteiger partial charge in [-0.25, -0.2) is 0 Å². The average Bonchev–Trinajstić information content (AvgIpc) is 2.33. The van der Waals surface area contributed by atoms with Crippen LogP contribution in [0.4, 0.5) is 5.69 Å². The van der Waals surface area contributed by atoms with Crippen LogP contribution in [0.3, 0.4) is 0 Å². The molecule has 0 saturated carbocycles. The number of amides is 1. The Morgan fingerprint density at radius 2 is 1.82 bits per heavy atom. The number of para-hydroxylation sites is 1. The lowest BCUT2D eigenvalue weighted by atomic mass is 10.0. The molecule has 0 aliphatic heterocycles. The molecular formula is C14H12ClNO. The Labute approximate surface area is 105 Å². The predicted octanol–water partition coefficient (Wildman–Crippen LogP) is 3.88. The monoisotopic (exact) mass is 245 g/mol. The molecule has 0 unspecified atom stereocenters. The van der Waals surface area contributed by atoms with Crippen LogP contribution >= 0.6 is 11.6 Å². The highest BCUT2D eigenvalue weighted by molar-refractivity contribution is 6.30. The Bertz CT molecular complexity index is 534. The summed E-state index contributed by atoms with van der Waals surface area (Å²) < 4.78 is 0. The Morgan fingerprint density at radius 3 is 2.47 bits per heavy atom. The maximum atomic E-state index is 10.6. The van der Waals surface area contributed by atoms with Gasteiger partial charge in [-0.15, -0.1) is 0 Å². The quantitative estimate of drug-likeness (QED) is 0.817. The predicted molar refractivity (Wildman–Crippen MR) is 71.3 cm³/mol. The van der Waals surface area contributed by atoms with E-state index < -0.39 is 0 Å². The molecule has 86 valence electrons. The summed E-state index contributed by atoms with van der Waals surface area (Å²) in [5.41, 5.74) is 3.89. The van der Waals surface area contributed by atoms with Gasteiger partial charge in [0.2, 0.25) is 6.41 Å². The van der Waals surface area contributed by atoms with Crippen molar-refractivity contribution in [1.82, 2.24) is 0 Å². The Hall–Kier alpha value is -1.80. The molecule has 2 rings (SSSR count). The Kier molecular flexibility index (Phi) is 3.45. The zero-order valence-electron chi connectivity index (χ0n) is 9.41. The third-order valence-corrected chi connectivity index (χ3v) is 2.88. The van der Waals surface area contributed by atoms with Gasteiger partial charge in [-0.05, 0) is 30.2 Å². The number of benzene rings is 2. The van der Waals surface area contributed by atoms with E-state index in [1.165, 1.54) is 0 Å². The van der Waals surface area contributed by atoms with Crippen molar-refractivity contribution in [2.75, 3.05) is 5.32 Å². The first-order chi connectivity index (χ1) is 8.22. The number of aryl methyl sites for hydroxylation is 1. The molecule has 1 amide bonds. The number of rotatable bonds is 3. The summed E-state index contributed by atoms with van der Waals surface area (Å²) in [7, 11) is 0. The van der Waals surface area contributed by atoms with Crippen LogP contribution in [-0.2, 0) is 4.79 Å². The highest BCUT2D eigenvalue weighted by Gasteiger charge is 2.06. The minimum absolute atomic E-state index is 0.696. The van der Waals surface area contributed by atoms with Crippen LogP contribution in [0.15, 0.2) is 42.5 Å². The number of carbonyl (C=O) groups is 1. The van der Waals surface area contributed by atoms with Gasteiger partial charge in [0.1, 0.15) is 0 Å². The van der Waals surface area contributed by atoms with Gasteiger partial charge in [-0.1, -0.05) is 41.9 Å². The fourth-order valence-corrected chi connectivity index (χ4v) is 1.91. The summed E-state index contributed by atoms with van der Waals surface area (Å²) in [6.45, 7) is 1.96. The van der Waals surface area contributed by atoms with Crippen LogP contribution in [-0.4, -0.2) is 6.41 Å². The van der Waals surface area contributed by atoms with Crippen molar-refractivity contribution in [3.05, 3.63) is 53.1 Å². The first kappa shape index (κ1) is 11.7. The molecule has 1 N–H and O–H groups in total. The summed E-state index contributed by atoms with van der Waals surface area (Å²) in [5.74, 6) is 0. The molecule has 2 nitrogen and oxygen atoms in total. The molecule has 2 aromatic carbocycles. The molecule has 2 aromatic rings. The van der Waals surface area contributed by atoms with E-state index in [2.05, 4.69) is 5.32 Å². The molecule has 0 fully saturated rings. The molecule has 0 atom stereocenters. The van der Waals surface area contributed by atoms with E-state index >= 15 is 0 Å². The van der Waals surface area contributed by atoms with Crippen LogP contribution in [0.2, 0.25) is 5.02 Å². The lowest BCUT2D eigenvalue weighted by Gasteiger charge is -2.11. The van der Waals surface area contributed by atoms with Crippen molar-refractivity contribution in [1.29, 1.82) is 0 Å². The summed E-state index contributed by atoms with van der Waals surface area (Å²) in [6, 6.07) is 13.5. The zero-order chi connectivity index (χ0) is 12.3. The third-order valence-electron chi connectivity index (χ3n) is 2.63. The smallest absolute Gasteiger partial charge is 0.211 e. The highest BCUT2D eigenvalue weighted by Crippen LogP contribution is 2.31. The lowest BCUT2D eigenvalue weighted by molar-refractivity contribution is -0.105. The van der Waals surface area contributed by atoms with E-state index in [-0.39, 0.29) is 0 Å². The molecule has 0 aliphatic carbocycles. The van der Waals surface area contributed by atoms with E-state index in [0.29, 0.717) is 11.4 Å². The molecule has 0 saturated heterocycles. The molecule has 0 aliphatic rings. The second kappa shape index (κ2) is 5.02. The molecule has 17 heavy (non-hydrogen) atoms. The van der Waals surface area contributed by atoms with Gasteiger partial charge in [0.05, 0.1) is 5.69 Å². The Balaban J connectivity index is 2.54. The van der Waals surface area contributed by atoms with Gasteiger partial charge in [0, 0.05) is 10.6 Å². The van der Waals surface area contributed by atoms with Gasteiger partial charge < -0.3 is 5.32 Å². The second-order valence-electron chi connectivity index (χ2n) is 3.77. The normalized spacial score (nSPS) is 10.0. The van der Waals surface area contributed by atoms with Crippen molar-refractivity contribution < 1.29 is 4.79 Å². The van der Waals surface area contributed by atoms with E-state index in [0.717, 1.165) is 22.4 Å². The van der Waals surface area contributed by atoms with Crippen molar-refractivity contribution in [3.63, 3.8) is 0 Å². The van der Waals surface area contributed by atoms with Gasteiger partial charge in [-0.2, -0.15) is 0 Å². The minimum Gasteiger partial charge on any atom is -0.328 e. The van der Waals surface area contributed by atoms with E-state index in [1.54, 1.807) is 0 Å². The lowest BCUT2D eigenvalue weighted by Crippen LogP contribution is -1.98. The fourth-order valence-electron chi connectivity index (χ4n) is 1.79. The molecule has 0 aromatic heterocycles. The summed E-state index contributed by atoms with van der Waals surface area (Å²) in [4.78, 5) is 10.6. The van der Waals surface area contributed by atoms with Crippen molar-refractivity contribution in [2.45, 2.75) is 6.92 Å². The van der Waals surface area contributed by atoms with Gasteiger partial charge in [0.25, 0.3) is 0 Å². The SMILES string of the molecule is Cc1cccc(-c2ccc(Cl)cc2)c1NC=O. The van der Waals surface area contributed by atoms with Crippen molar-refractivity contribution in [2.24, 2.45) is 0 Å². The minimum atomic E-state index is 0.696. The first-order valence-electron chi connectivity index (χ1n) is 5.28. The average molecular weight is 246 g/mol.